The number of rotatable bonds is 7. The van der Waals surface area contributed by atoms with Crippen LogP contribution in [0.1, 0.15) is 12.6 Å². The highest BCUT2D eigenvalue weighted by molar-refractivity contribution is 7.91. The molecule has 4 rings (SSSR count). The Balaban J connectivity index is 1.45. The molecule has 12 heteroatoms. The molecule has 3 aromatic heterocycles. The number of aromatic nitrogens is 3. The van der Waals surface area contributed by atoms with Crippen molar-refractivity contribution in [1.82, 2.24) is 19.5 Å². The summed E-state index contributed by atoms with van der Waals surface area (Å²) in [6.45, 7) is 1.73. The maximum absolute atomic E-state index is 13.0. The molecule has 174 valence electrons. The third kappa shape index (κ3) is 5.02. The van der Waals surface area contributed by atoms with E-state index < -0.39 is 27.9 Å². The molecule has 1 aromatic carbocycles. The molecule has 3 heterocycles. The number of hydrogen-bond donors (Lipinski definition) is 1. The van der Waals surface area contributed by atoms with E-state index >= 15 is 0 Å². The number of aryl methyl sites for hydroxylation is 1. The summed E-state index contributed by atoms with van der Waals surface area (Å²) in [5, 5.41) is 4.67. The molecule has 1 atom stereocenters. The summed E-state index contributed by atoms with van der Waals surface area (Å²) < 4.78 is 73.6. The van der Waals surface area contributed by atoms with Gasteiger partial charge in [0.2, 0.25) is 10.0 Å². The van der Waals surface area contributed by atoms with Crippen LogP contribution < -0.4 is 9.46 Å². The molecule has 0 aliphatic carbocycles. The first-order valence-corrected chi connectivity index (χ1v) is 12.0. The van der Waals surface area contributed by atoms with Crippen molar-refractivity contribution in [1.29, 1.82) is 0 Å². The Morgan fingerprint density at radius 2 is 1.97 bits per heavy atom. The number of pyridine rings is 1. The minimum atomic E-state index is -4.55. The van der Waals surface area contributed by atoms with Gasteiger partial charge < -0.3 is 4.74 Å². The lowest BCUT2D eigenvalue weighted by Gasteiger charge is -2.15. The van der Waals surface area contributed by atoms with E-state index in [0.29, 0.717) is 10.6 Å². The topological polar surface area (TPSA) is 86.1 Å². The van der Waals surface area contributed by atoms with Crippen LogP contribution in [-0.2, 0) is 23.2 Å². The van der Waals surface area contributed by atoms with Gasteiger partial charge in [-0.1, -0.05) is 6.07 Å². The molecular formula is C21H19F3N4O3S2. The Bertz CT molecular complexity index is 1390. The first-order chi connectivity index (χ1) is 15.5. The van der Waals surface area contributed by atoms with Crippen LogP contribution in [0.2, 0.25) is 0 Å². The number of benzene rings is 1. The molecule has 0 fully saturated rings. The Morgan fingerprint density at radius 1 is 1.18 bits per heavy atom. The van der Waals surface area contributed by atoms with Gasteiger partial charge in [-0.2, -0.15) is 18.3 Å². The van der Waals surface area contributed by atoms with E-state index in [4.69, 9.17) is 4.74 Å². The van der Waals surface area contributed by atoms with Crippen LogP contribution in [0.15, 0.2) is 58.9 Å². The van der Waals surface area contributed by atoms with Gasteiger partial charge in [-0.15, -0.1) is 11.3 Å². The molecule has 4 aromatic rings. The van der Waals surface area contributed by atoms with E-state index in [2.05, 4.69) is 14.8 Å². The predicted molar refractivity (Wildman–Crippen MR) is 119 cm³/mol. The van der Waals surface area contributed by atoms with Gasteiger partial charge in [-0.25, -0.2) is 13.1 Å². The van der Waals surface area contributed by atoms with Crippen molar-refractivity contribution < 1.29 is 26.3 Å². The molecule has 0 aliphatic rings. The van der Waals surface area contributed by atoms with Crippen molar-refractivity contribution in [3.8, 4) is 16.3 Å². The summed E-state index contributed by atoms with van der Waals surface area (Å²) in [6.07, 6.45) is -2.88. The van der Waals surface area contributed by atoms with Crippen molar-refractivity contribution in [3.05, 3.63) is 60.4 Å². The Labute approximate surface area is 191 Å². The van der Waals surface area contributed by atoms with Crippen LogP contribution in [0.4, 0.5) is 13.2 Å². The smallest absolute Gasteiger partial charge is 0.433 e. The number of fused-ring (bicyclic) bond motifs is 1. The molecule has 0 spiro atoms. The van der Waals surface area contributed by atoms with Crippen molar-refractivity contribution in [2.75, 3.05) is 6.61 Å². The van der Waals surface area contributed by atoms with Gasteiger partial charge >= 0.3 is 6.18 Å². The van der Waals surface area contributed by atoms with E-state index in [1.54, 1.807) is 31.3 Å². The second kappa shape index (κ2) is 8.76. The van der Waals surface area contributed by atoms with E-state index in [0.717, 1.165) is 33.0 Å². The molecule has 0 saturated carbocycles. The quantitative estimate of drug-likeness (QED) is 0.408. The number of hydrogen-bond acceptors (Lipinski definition) is 6. The SMILES string of the molecule is C[C@@H](COc1cccc2ncccc12)NS(=O)(=O)c1ccc(-c2cc(C(F)(F)F)n(C)n2)s1. The van der Waals surface area contributed by atoms with Gasteiger partial charge in [0.25, 0.3) is 0 Å². The summed E-state index contributed by atoms with van der Waals surface area (Å²) in [4.78, 5) is 4.57. The number of nitrogens with one attached hydrogen (secondary N) is 1. The highest BCUT2D eigenvalue weighted by atomic mass is 32.2. The van der Waals surface area contributed by atoms with E-state index in [-0.39, 0.29) is 16.5 Å². The fraction of sp³-hybridized carbons (Fsp3) is 0.238. The first kappa shape index (κ1) is 23.2. The van der Waals surface area contributed by atoms with Gasteiger partial charge in [-0.3, -0.25) is 9.67 Å². The second-order valence-electron chi connectivity index (χ2n) is 7.31. The van der Waals surface area contributed by atoms with Crippen LogP contribution in [0.3, 0.4) is 0 Å². The molecule has 0 saturated heterocycles. The van der Waals surface area contributed by atoms with Gasteiger partial charge in [0, 0.05) is 18.6 Å². The zero-order chi connectivity index (χ0) is 23.8. The summed E-state index contributed by atoms with van der Waals surface area (Å²) in [6, 6.07) is 12.2. The minimum Gasteiger partial charge on any atom is -0.491 e. The Morgan fingerprint density at radius 3 is 2.70 bits per heavy atom. The zero-order valence-corrected chi connectivity index (χ0v) is 19.1. The lowest BCUT2D eigenvalue weighted by molar-refractivity contribution is -0.143. The number of thiophene rings is 1. The Hall–Kier alpha value is -2.96. The molecule has 0 aliphatic heterocycles. The molecule has 0 bridgehead atoms. The summed E-state index contributed by atoms with van der Waals surface area (Å²) in [5.41, 5.74) is -0.0994. The summed E-state index contributed by atoms with van der Waals surface area (Å²) in [5.74, 6) is 0.584. The summed E-state index contributed by atoms with van der Waals surface area (Å²) in [7, 11) is -2.72. The number of sulfonamides is 1. The zero-order valence-electron chi connectivity index (χ0n) is 17.5. The lowest BCUT2D eigenvalue weighted by Crippen LogP contribution is -2.36. The maximum atomic E-state index is 13.0. The molecule has 0 amide bonds. The lowest BCUT2D eigenvalue weighted by atomic mass is 10.2. The predicted octanol–water partition coefficient (Wildman–Crippen LogP) is 4.46. The van der Waals surface area contributed by atoms with E-state index in [1.165, 1.54) is 19.2 Å². The number of halogens is 3. The molecule has 33 heavy (non-hydrogen) atoms. The Kier molecular flexibility index (Phi) is 6.16. The number of ether oxygens (including phenoxy) is 1. The van der Waals surface area contributed by atoms with E-state index in [1.807, 2.05) is 12.1 Å². The average Bonchev–Trinajstić information content (AvgIpc) is 3.39. The van der Waals surface area contributed by atoms with Crippen molar-refractivity contribution in [2.24, 2.45) is 7.05 Å². The van der Waals surface area contributed by atoms with Crippen molar-refractivity contribution in [2.45, 2.75) is 23.4 Å². The van der Waals surface area contributed by atoms with Gasteiger partial charge in [0.15, 0.2) is 0 Å². The fourth-order valence-electron chi connectivity index (χ4n) is 3.23. The van der Waals surface area contributed by atoms with Crippen LogP contribution in [0.25, 0.3) is 21.5 Å². The number of nitrogens with zero attached hydrogens (tertiary/aromatic N) is 3. The monoisotopic (exact) mass is 496 g/mol. The third-order valence-corrected chi connectivity index (χ3v) is 7.91. The normalized spacial score (nSPS) is 13.4. The van der Waals surface area contributed by atoms with Crippen LogP contribution >= 0.6 is 11.3 Å². The largest absolute Gasteiger partial charge is 0.491 e. The molecule has 0 radical (unpaired) electrons. The minimum absolute atomic E-state index is 0.0297. The molecule has 0 unspecified atom stereocenters. The van der Waals surface area contributed by atoms with Crippen LogP contribution in [-0.4, -0.2) is 35.8 Å². The third-order valence-electron chi connectivity index (χ3n) is 4.72. The van der Waals surface area contributed by atoms with Crippen molar-refractivity contribution in [3.63, 3.8) is 0 Å². The molecule has 1 N–H and O–H groups in total. The molecular weight excluding hydrogens is 477 g/mol. The standard InChI is InChI=1S/C21H19F3N4O3S2/c1-13(12-31-17-7-3-6-15-14(17)5-4-10-25-15)27-33(29,30)20-9-8-18(32-20)16-11-19(21(22,23)24)28(2)26-16/h3-11,13,27H,12H2,1-2H3/t13-/m0/s1. The average molecular weight is 497 g/mol. The number of alkyl halides is 3. The molecule has 7 nitrogen and oxygen atoms in total. The van der Waals surface area contributed by atoms with Gasteiger partial charge in [0.05, 0.1) is 16.4 Å². The fourth-order valence-corrected chi connectivity index (χ4v) is 5.73. The van der Waals surface area contributed by atoms with Crippen molar-refractivity contribution >= 4 is 32.3 Å². The maximum Gasteiger partial charge on any atom is 0.433 e. The van der Waals surface area contributed by atoms with Crippen LogP contribution in [0, 0.1) is 0 Å². The van der Waals surface area contributed by atoms with Gasteiger partial charge in [-0.05, 0) is 49.4 Å². The van der Waals surface area contributed by atoms with E-state index in [9.17, 15) is 21.6 Å². The highest BCUT2D eigenvalue weighted by Crippen LogP contribution is 2.35. The highest BCUT2D eigenvalue weighted by Gasteiger charge is 2.35. The first-order valence-electron chi connectivity index (χ1n) is 9.75. The second-order valence-corrected chi connectivity index (χ2v) is 10.3. The summed E-state index contributed by atoms with van der Waals surface area (Å²) >= 11 is 0.841. The van der Waals surface area contributed by atoms with Gasteiger partial charge in [0.1, 0.15) is 28.0 Å². The van der Waals surface area contributed by atoms with Crippen LogP contribution in [0.5, 0.6) is 5.75 Å².